The molecule has 8 heteroatoms. The minimum atomic E-state index is -1.07. The number of aryl methyl sites for hydroxylation is 1. The monoisotopic (exact) mass is 416 g/mol. The number of halogens is 1. The van der Waals surface area contributed by atoms with Gasteiger partial charge >= 0.3 is 6.03 Å². The van der Waals surface area contributed by atoms with Crippen LogP contribution >= 0.6 is 15.9 Å². The molecule has 26 heavy (non-hydrogen) atoms. The van der Waals surface area contributed by atoms with E-state index in [9.17, 15) is 14.4 Å². The van der Waals surface area contributed by atoms with Crippen LogP contribution in [0.2, 0.25) is 0 Å². The second-order valence-electron chi connectivity index (χ2n) is 6.22. The zero-order valence-corrected chi connectivity index (χ0v) is 15.6. The summed E-state index contributed by atoms with van der Waals surface area (Å²) in [6, 6.07) is 10.6. The average Bonchev–Trinajstić information content (AvgIpc) is 2.84. The molecule has 7 nitrogen and oxygen atoms in total. The summed E-state index contributed by atoms with van der Waals surface area (Å²) in [5, 5.41) is 3.40. The molecule has 1 fully saturated rings. The van der Waals surface area contributed by atoms with Crippen LogP contribution < -0.4 is 10.7 Å². The number of imide groups is 1. The summed E-state index contributed by atoms with van der Waals surface area (Å²) in [7, 11) is 0. The Balaban J connectivity index is 1.69. The molecule has 2 N–H and O–H groups in total. The predicted octanol–water partition coefficient (Wildman–Crippen LogP) is 2.43. The number of hydrazine groups is 1. The Hall–Kier alpha value is -2.74. The molecule has 1 unspecified atom stereocenters. The van der Waals surface area contributed by atoms with E-state index in [-0.39, 0.29) is 5.56 Å². The zero-order valence-electron chi connectivity index (χ0n) is 14.0. The van der Waals surface area contributed by atoms with Gasteiger partial charge in [-0.1, -0.05) is 30.3 Å². The van der Waals surface area contributed by atoms with E-state index >= 15 is 0 Å². The number of urea groups is 1. The van der Waals surface area contributed by atoms with E-state index in [1.54, 1.807) is 13.0 Å². The summed E-state index contributed by atoms with van der Waals surface area (Å²) in [4.78, 5) is 41.1. The molecule has 1 saturated heterocycles. The standard InChI is InChI=1S/C18H17BrN4O3/c1-18(8-7-12-5-3-2-4-6-12)16(25)23(17(26)21-18)22-15(24)13-9-14(19)11-20-10-13/h2-6,9-11H,7-8H2,1H3,(H,21,26)(H,22,24). The number of hydrogen-bond acceptors (Lipinski definition) is 4. The lowest BCUT2D eigenvalue weighted by Gasteiger charge is -2.21. The molecule has 1 aliphatic heterocycles. The maximum atomic E-state index is 12.7. The number of pyridine rings is 1. The molecule has 1 aliphatic rings. The number of carbonyl (C=O) groups excluding carboxylic acids is 3. The second kappa shape index (κ2) is 7.25. The van der Waals surface area contributed by atoms with Crippen LogP contribution in [0.25, 0.3) is 0 Å². The molecular formula is C18H17BrN4O3. The van der Waals surface area contributed by atoms with E-state index in [4.69, 9.17) is 0 Å². The maximum Gasteiger partial charge on any atom is 0.344 e. The van der Waals surface area contributed by atoms with Crippen molar-refractivity contribution < 1.29 is 14.4 Å². The van der Waals surface area contributed by atoms with Gasteiger partial charge in [-0.05, 0) is 47.3 Å². The Kier molecular flexibility index (Phi) is 5.03. The highest BCUT2D eigenvalue weighted by molar-refractivity contribution is 9.10. The molecule has 2 heterocycles. The SMILES string of the molecule is CC1(CCc2ccccc2)NC(=O)N(NC(=O)c2cncc(Br)c2)C1=O. The first-order valence-corrected chi connectivity index (χ1v) is 8.80. The Morgan fingerprint density at radius 1 is 1.27 bits per heavy atom. The Morgan fingerprint density at radius 3 is 2.69 bits per heavy atom. The lowest BCUT2D eigenvalue weighted by molar-refractivity contribution is -0.132. The van der Waals surface area contributed by atoms with Crippen molar-refractivity contribution in [3.63, 3.8) is 0 Å². The van der Waals surface area contributed by atoms with Crippen molar-refractivity contribution in [2.75, 3.05) is 0 Å². The molecule has 0 spiro atoms. The van der Waals surface area contributed by atoms with Crippen LogP contribution in [0.1, 0.15) is 29.3 Å². The fraction of sp³-hybridized carbons (Fsp3) is 0.222. The largest absolute Gasteiger partial charge is 0.344 e. The van der Waals surface area contributed by atoms with E-state index in [1.165, 1.54) is 12.4 Å². The number of nitrogens with zero attached hydrogens (tertiary/aromatic N) is 2. The van der Waals surface area contributed by atoms with Crippen LogP contribution in [0.4, 0.5) is 4.79 Å². The quantitative estimate of drug-likeness (QED) is 0.732. The van der Waals surface area contributed by atoms with Crippen molar-refractivity contribution in [2.45, 2.75) is 25.3 Å². The number of benzene rings is 1. The van der Waals surface area contributed by atoms with Crippen LogP contribution in [-0.2, 0) is 11.2 Å². The minimum Gasteiger partial charge on any atom is -0.322 e. The summed E-state index contributed by atoms with van der Waals surface area (Å²) in [5.74, 6) is -1.08. The van der Waals surface area contributed by atoms with Crippen molar-refractivity contribution in [3.05, 3.63) is 64.4 Å². The molecule has 1 atom stereocenters. The van der Waals surface area contributed by atoms with Crippen LogP contribution in [0.5, 0.6) is 0 Å². The number of hydrogen-bond donors (Lipinski definition) is 2. The fourth-order valence-corrected chi connectivity index (χ4v) is 3.06. The molecule has 0 radical (unpaired) electrons. The molecule has 0 bridgehead atoms. The molecule has 1 aromatic carbocycles. The van der Waals surface area contributed by atoms with Crippen LogP contribution in [0.3, 0.4) is 0 Å². The Bertz CT molecular complexity index is 859. The van der Waals surface area contributed by atoms with Gasteiger partial charge in [0.1, 0.15) is 5.54 Å². The number of carbonyl (C=O) groups is 3. The van der Waals surface area contributed by atoms with E-state index in [2.05, 4.69) is 31.7 Å². The van der Waals surface area contributed by atoms with Gasteiger partial charge in [-0.3, -0.25) is 20.0 Å². The van der Waals surface area contributed by atoms with E-state index < -0.39 is 23.4 Å². The van der Waals surface area contributed by atoms with Gasteiger partial charge in [-0.25, -0.2) is 4.79 Å². The third kappa shape index (κ3) is 3.75. The number of rotatable bonds is 5. The third-order valence-corrected chi connectivity index (χ3v) is 4.63. The van der Waals surface area contributed by atoms with Gasteiger partial charge in [-0.15, -0.1) is 0 Å². The van der Waals surface area contributed by atoms with Crippen molar-refractivity contribution in [3.8, 4) is 0 Å². The van der Waals surface area contributed by atoms with E-state index in [1.807, 2.05) is 30.3 Å². The van der Waals surface area contributed by atoms with Gasteiger partial charge < -0.3 is 5.32 Å². The van der Waals surface area contributed by atoms with Crippen molar-refractivity contribution >= 4 is 33.8 Å². The van der Waals surface area contributed by atoms with Crippen molar-refractivity contribution in [1.82, 2.24) is 20.7 Å². The molecule has 0 saturated carbocycles. The highest BCUT2D eigenvalue weighted by atomic mass is 79.9. The summed E-state index contributed by atoms with van der Waals surface area (Å²) in [5.41, 5.74) is 2.58. The lowest BCUT2D eigenvalue weighted by Crippen LogP contribution is -2.49. The van der Waals surface area contributed by atoms with Gasteiger partial charge in [0.25, 0.3) is 11.8 Å². The first kappa shape index (κ1) is 18.1. The van der Waals surface area contributed by atoms with Gasteiger partial charge in [0.2, 0.25) is 0 Å². The molecule has 4 amide bonds. The summed E-state index contributed by atoms with van der Waals surface area (Å²) in [6.07, 6.45) is 3.94. The molecule has 2 aromatic rings. The molecule has 3 rings (SSSR count). The van der Waals surface area contributed by atoms with Crippen LogP contribution in [0.15, 0.2) is 53.3 Å². The fourth-order valence-electron chi connectivity index (χ4n) is 2.70. The molecule has 0 aliphatic carbocycles. The van der Waals surface area contributed by atoms with Gasteiger partial charge in [-0.2, -0.15) is 5.01 Å². The summed E-state index contributed by atoms with van der Waals surface area (Å²) in [6.45, 7) is 1.66. The maximum absolute atomic E-state index is 12.7. The Morgan fingerprint density at radius 2 is 2.00 bits per heavy atom. The van der Waals surface area contributed by atoms with Crippen molar-refractivity contribution in [2.24, 2.45) is 0 Å². The topological polar surface area (TPSA) is 91.4 Å². The normalized spacial score (nSPS) is 19.4. The summed E-state index contributed by atoms with van der Waals surface area (Å²) < 4.78 is 0.620. The number of nitrogens with one attached hydrogen (secondary N) is 2. The van der Waals surface area contributed by atoms with Gasteiger partial charge in [0, 0.05) is 16.9 Å². The first-order valence-electron chi connectivity index (χ1n) is 8.01. The zero-order chi connectivity index (χ0) is 18.7. The smallest absolute Gasteiger partial charge is 0.322 e. The van der Waals surface area contributed by atoms with Crippen molar-refractivity contribution in [1.29, 1.82) is 0 Å². The molecule has 1 aromatic heterocycles. The number of amides is 4. The third-order valence-electron chi connectivity index (χ3n) is 4.20. The predicted molar refractivity (Wildman–Crippen MR) is 97.9 cm³/mol. The minimum absolute atomic E-state index is 0.234. The van der Waals surface area contributed by atoms with E-state index in [0.717, 1.165) is 10.6 Å². The highest BCUT2D eigenvalue weighted by Gasteiger charge is 2.48. The van der Waals surface area contributed by atoms with Gasteiger partial charge in [0.05, 0.1) is 5.56 Å². The van der Waals surface area contributed by atoms with Crippen LogP contribution in [0, 0.1) is 0 Å². The highest BCUT2D eigenvalue weighted by Crippen LogP contribution is 2.22. The summed E-state index contributed by atoms with van der Waals surface area (Å²) >= 11 is 3.23. The first-order chi connectivity index (χ1) is 12.4. The average molecular weight is 417 g/mol. The second-order valence-corrected chi connectivity index (χ2v) is 7.14. The lowest BCUT2D eigenvalue weighted by atomic mass is 9.93. The molecule has 134 valence electrons. The Labute approximate surface area is 158 Å². The molecular weight excluding hydrogens is 400 g/mol. The van der Waals surface area contributed by atoms with Gasteiger partial charge in [0.15, 0.2) is 0 Å². The number of aromatic nitrogens is 1. The van der Waals surface area contributed by atoms with E-state index in [0.29, 0.717) is 17.3 Å². The van der Waals surface area contributed by atoms with Crippen LogP contribution in [-0.4, -0.2) is 33.4 Å².